The van der Waals surface area contributed by atoms with Crippen molar-refractivity contribution in [3.63, 3.8) is 0 Å². The van der Waals surface area contributed by atoms with Gasteiger partial charge in [-0.1, -0.05) is 0 Å². The zero-order valence-electron chi connectivity index (χ0n) is 13.6. The second kappa shape index (κ2) is 7.35. The molecular formula is C16H24N2O4. The molecule has 1 fully saturated rings. The molecule has 6 nitrogen and oxygen atoms in total. The number of methoxy groups -OCH3 is 3. The van der Waals surface area contributed by atoms with Crippen molar-refractivity contribution in [2.45, 2.75) is 18.9 Å². The van der Waals surface area contributed by atoms with E-state index in [1.54, 1.807) is 12.1 Å². The molecule has 22 heavy (non-hydrogen) atoms. The Bertz CT molecular complexity index is 508. The van der Waals surface area contributed by atoms with Gasteiger partial charge < -0.3 is 24.4 Å². The van der Waals surface area contributed by atoms with E-state index in [4.69, 9.17) is 14.2 Å². The summed E-state index contributed by atoms with van der Waals surface area (Å²) in [6.07, 6.45) is 2.09. The predicted molar refractivity (Wildman–Crippen MR) is 84.1 cm³/mol. The van der Waals surface area contributed by atoms with Crippen LogP contribution >= 0.6 is 0 Å². The summed E-state index contributed by atoms with van der Waals surface area (Å²) in [6, 6.07) is 3.51. The van der Waals surface area contributed by atoms with E-state index in [9.17, 15) is 4.79 Å². The molecule has 6 heteroatoms. The van der Waals surface area contributed by atoms with Gasteiger partial charge in [-0.25, -0.2) is 0 Å². The van der Waals surface area contributed by atoms with Crippen LogP contribution in [0.5, 0.6) is 17.2 Å². The van der Waals surface area contributed by atoms with Crippen LogP contribution in [0.2, 0.25) is 0 Å². The minimum absolute atomic E-state index is 0.125. The van der Waals surface area contributed by atoms with Gasteiger partial charge in [0.1, 0.15) is 0 Å². The summed E-state index contributed by atoms with van der Waals surface area (Å²) in [5.41, 5.74) is 0.503. The highest BCUT2D eigenvalue weighted by Crippen LogP contribution is 2.38. The van der Waals surface area contributed by atoms with Gasteiger partial charge in [-0.3, -0.25) is 4.79 Å². The van der Waals surface area contributed by atoms with Crippen LogP contribution in [0, 0.1) is 0 Å². The first-order valence-corrected chi connectivity index (χ1v) is 7.38. The molecular weight excluding hydrogens is 284 g/mol. The number of carbonyl (C=O) groups excluding carboxylic acids is 1. The maximum absolute atomic E-state index is 12.5. The lowest BCUT2D eigenvalue weighted by molar-refractivity contribution is 0.0911. The van der Waals surface area contributed by atoms with Gasteiger partial charge in [-0.05, 0) is 38.6 Å². The lowest BCUT2D eigenvalue weighted by atomic mass is 10.1. The molecule has 1 aromatic carbocycles. The number of ether oxygens (including phenoxy) is 3. The van der Waals surface area contributed by atoms with Crippen molar-refractivity contribution in [1.82, 2.24) is 10.2 Å². The average Bonchev–Trinajstić information content (AvgIpc) is 2.53. The maximum atomic E-state index is 12.5. The highest BCUT2D eigenvalue weighted by Gasteiger charge is 2.22. The van der Waals surface area contributed by atoms with Crippen molar-refractivity contribution in [2.75, 3.05) is 41.5 Å². The second-order valence-corrected chi connectivity index (χ2v) is 5.49. The molecule has 1 aliphatic heterocycles. The number of nitrogens with zero attached hydrogens (tertiary/aromatic N) is 1. The molecule has 0 unspecified atom stereocenters. The number of rotatable bonds is 5. The summed E-state index contributed by atoms with van der Waals surface area (Å²) in [5, 5.41) is 3.07. The number of piperidine rings is 1. The fraction of sp³-hybridized carbons (Fsp3) is 0.562. The normalized spacial score (nSPS) is 18.6. The minimum atomic E-state index is -0.125. The smallest absolute Gasteiger partial charge is 0.251 e. The monoisotopic (exact) mass is 308 g/mol. The first-order valence-electron chi connectivity index (χ1n) is 7.38. The van der Waals surface area contributed by atoms with Gasteiger partial charge in [-0.15, -0.1) is 0 Å². The van der Waals surface area contributed by atoms with E-state index in [1.165, 1.54) is 21.3 Å². The SMILES string of the molecule is COc1cc(C(=O)N[C@@H]2CCCN(C)C2)cc(OC)c1OC. The first kappa shape index (κ1) is 16.4. The van der Waals surface area contributed by atoms with Crippen LogP contribution in [0.3, 0.4) is 0 Å². The first-order chi connectivity index (χ1) is 10.6. The van der Waals surface area contributed by atoms with Crippen molar-refractivity contribution in [3.8, 4) is 17.2 Å². The summed E-state index contributed by atoms with van der Waals surface area (Å²) in [4.78, 5) is 14.7. The van der Waals surface area contributed by atoms with Gasteiger partial charge in [0.05, 0.1) is 21.3 Å². The number of hydrogen-bond donors (Lipinski definition) is 1. The minimum Gasteiger partial charge on any atom is -0.493 e. The molecule has 1 aromatic rings. The molecule has 0 radical (unpaired) electrons. The van der Waals surface area contributed by atoms with E-state index in [2.05, 4.69) is 17.3 Å². The van der Waals surface area contributed by atoms with Crippen molar-refractivity contribution in [3.05, 3.63) is 17.7 Å². The zero-order valence-corrected chi connectivity index (χ0v) is 13.6. The molecule has 0 spiro atoms. The number of carbonyl (C=O) groups is 1. The van der Waals surface area contributed by atoms with Crippen LogP contribution in [0.4, 0.5) is 0 Å². The van der Waals surface area contributed by atoms with Crippen LogP contribution in [0.25, 0.3) is 0 Å². The maximum Gasteiger partial charge on any atom is 0.251 e. The lowest BCUT2D eigenvalue weighted by Gasteiger charge is -2.30. The van der Waals surface area contributed by atoms with Crippen molar-refractivity contribution >= 4 is 5.91 Å². The molecule has 122 valence electrons. The van der Waals surface area contributed by atoms with Gasteiger partial charge in [0.25, 0.3) is 5.91 Å². The van der Waals surface area contributed by atoms with E-state index in [0.29, 0.717) is 22.8 Å². The fourth-order valence-electron chi connectivity index (χ4n) is 2.77. The summed E-state index contributed by atoms with van der Waals surface area (Å²) in [6.45, 7) is 1.95. The Morgan fingerprint density at radius 3 is 2.32 bits per heavy atom. The average molecular weight is 308 g/mol. The van der Waals surface area contributed by atoms with E-state index < -0.39 is 0 Å². The third-order valence-corrected chi connectivity index (χ3v) is 3.89. The predicted octanol–water partition coefficient (Wildman–Crippen LogP) is 1.54. The van der Waals surface area contributed by atoms with E-state index in [-0.39, 0.29) is 11.9 Å². The topological polar surface area (TPSA) is 60.0 Å². The fourth-order valence-corrected chi connectivity index (χ4v) is 2.77. The molecule has 1 aliphatic rings. The van der Waals surface area contributed by atoms with Crippen LogP contribution in [-0.2, 0) is 0 Å². The number of benzene rings is 1. The number of amides is 1. The van der Waals surface area contributed by atoms with Gasteiger partial charge in [0, 0.05) is 18.2 Å². The van der Waals surface area contributed by atoms with Crippen molar-refractivity contribution in [1.29, 1.82) is 0 Å². The summed E-state index contributed by atoms with van der Waals surface area (Å²) in [5.74, 6) is 1.32. The molecule has 1 atom stereocenters. The van der Waals surface area contributed by atoms with Crippen LogP contribution in [-0.4, -0.2) is 58.3 Å². The zero-order chi connectivity index (χ0) is 16.1. The Morgan fingerprint density at radius 2 is 1.82 bits per heavy atom. The van der Waals surface area contributed by atoms with Gasteiger partial charge in [-0.2, -0.15) is 0 Å². The van der Waals surface area contributed by atoms with Crippen LogP contribution in [0.15, 0.2) is 12.1 Å². The summed E-state index contributed by atoms with van der Waals surface area (Å²) in [7, 11) is 6.68. The molecule has 0 aromatic heterocycles. The Kier molecular flexibility index (Phi) is 5.49. The van der Waals surface area contributed by atoms with Gasteiger partial charge in [0.2, 0.25) is 5.75 Å². The molecule has 1 amide bonds. The molecule has 1 heterocycles. The molecule has 0 bridgehead atoms. The van der Waals surface area contributed by atoms with Gasteiger partial charge >= 0.3 is 0 Å². The van der Waals surface area contributed by atoms with E-state index in [1.807, 2.05) is 0 Å². The standard InChI is InChI=1S/C16H24N2O4/c1-18-7-5-6-12(10-18)17-16(19)11-8-13(20-2)15(22-4)14(9-11)21-3/h8-9,12H,5-7,10H2,1-4H3,(H,17,19)/t12-/m1/s1. The highest BCUT2D eigenvalue weighted by molar-refractivity contribution is 5.95. The Balaban J connectivity index is 2.18. The van der Waals surface area contributed by atoms with Crippen molar-refractivity contribution in [2.24, 2.45) is 0 Å². The number of nitrogens with one attached hydrogen (secondary N) is 1. The quantitative estimate of drug-likeness (QED) is 0.894. The Labute approximate surface area is 131 Å². The Hall–Kier alpha value is -1.95. The summed E-state index contributed by atoms with van der Waals surface area (Å²) >= 11 is 0. The number of hydrogen-bond acceptors (Lipinski definition) is 5. The van der Waals surface area contributed by atoms with Gasteiger partial charge in [0.15, 0.2) is 11.5 Å². The molecule has 0 saturated carbocycles. The second-order valence-electron chi connectivity index (χ2n) is 5.49. The largest absolute Gasteiger partial charge is 0.493 e. The molecule has 1 N–H and O–H groups in total. The third kappa shape index (κ3) is 3.62. The third-order valence-electron chi connectivity index (χ3n) is 3.89. The van der Waals surface area contributed by atoms with Crippen LogP contribution < -0.4 is 19.5 Å². The lowest BCUT2D eigenvalue weighted by Crippen LogP contribution is -2.46. The number of likely N-dealkylation sites (N-methyl/N-ethyl adjacent to an activating group) is 1. The molecule has 0 aliphatic carbocycles. The summed E-state index contributed by atoms with van der Waals surface area (Å²) < 4.78 is 15.8. The van der Waals surface area contributed by atoms with Crippen LogP contribution in [0.1, 0.15) is 23.2 Å². The van der Waals surface area contributed by atoms with E-state index in [0.717, 1.165) is 25.9 Å². The highest BCUT2D eigenvalue weighted by atomic mass is 16.5. The van der Waals surface area contributed by atoms with E-state index >= 15 is 0 Å². The molecule has 2 rings (SSSR count). The molecule has 1 saturated heterocycles. The Morgan fingerprint density at radius 1 is 1.18 bits per heavy atom. The van der Waals surface area contributed by atoms with Crippen molar-refractivity contribution < 1.29 is 19.0 Å². The number of likely N-dealkylation sites (tertiary alicyclic amines) is 1.